The van der Waals surface area contributed by atoms with Crippen LogP contribution in [-0.2, 0) is 27.3 Å². The average Bonchev–Trinajstić information content (AvgIpc) is 2.90. The van der Waals surface area contributed by atoms with Crippen LogP contribution in [0.1, 0.15) is 44.3 Å². The molecule has 0 aliphatic carbocycles. The SMILES string of the molecule is Cc1oc(=O)oc1COC(=O)C[C@@H](Cc1ccc(Br)cc1)NC(=O)OC(C)(C)C. The predicted molar refractivity (Wildman–Crippen MR) is 107 cm³/mol. The van der Waals surface area contributed by atoms with Gasteiger partial charge >= 0.3 is 17.9 Å². The fourth-order valence-electron chi connectivity index (χ4n) is 2.47. The lowest BCUT2D eigenvalue weighted by atomic mass is 10.0. The van der Waals surface area contributed by atoms with E-state index in [1.165, 1.54) is 6.92 Å². The lowest BCUT2D eigenvalue weighted by Gasteiger charge is -2.23. The van der Waals surface area contributed by atoms with E-state index in [1.54, 1.807) is 20.8 Å². The molecule has 1 amide bonds. The molecule has 158 valence electrons. The number of carbonyl (C=O) groups excluding carboxylic acids is 2. The summed E-state index contributed by atoms with van der Waals surface area (Å²) in [7, 11) is 0. The minimum Gasteiger partial charge on any atom is -0.457 e. The average molecular weight is 470 g/mol. The maximum Gasteiger partial charge on any atom is 0.519 e. The highest BCUT2D eigenvalue weighted by Crippen LogP contribution is 2.15. The Hall–Kier alpha value is -2.55. The van der Waals surface area contributed by atoms with E-state index < -0.39 is 29.5 Å². The van der Waals surface area contributed by atoms with Gasteiger partial charge < -0.3 is 23.6 Å². The number of esters is 1. The maximum atomic E-state index is 12.3. The van der Waals surface area contributed by atoms with Gasteiger partial charge in [0, 0.05) is 10.5 Å². The molecule has 0 fully saturated rings. The largest absolute Gasteiger partial charge is 0.519 e. The van der Waals surface area contributed by atoms with Gasteiger partial charge in [-0.15, -0.1) is 0 Å². The number of ether oxygens (including phenoxy) is 2. The lowest BCUT2D eigenvalue weighted by Crippen LogP contribution is -2.41. The Morgan fingerprint density at radius 1 is 1.17 bits per heavy atom. The summed E-state index contributed by atoms with van der Waals surface area (Å²) in [6.07, 6.45) is -0.304. The van der Waals surface area contributed by atoms with E-state index >= 15 is 0 Å². The van der Waals surface area contributed by atoms with Crippen molar-refractivity contribution in [1.82, 2.24) is 5.32 Å². The first kappa shape index (κ1) is 22.7. The monoisotopic (exact) mass is 469 g/mol. The fraction of sp³-hybridized carbons (Fsp3) is 0.450. The number of nitrogens with one attached hydrogen (secondary N) is 1. The Balaban J connectivity index is 2.01. The molecule has 0 radical (unpaired) electrons. The summed E-state index contributed by atoms with van der Waals surface area (Å²) >= 11 is 3.37. The second-order valence-electron chi connectivity index (χ2n) is 7.47. The molecular weight excluding hydrogens is 446 g/mol. The van der Waals surface area contributed by atoms with Crippen LogP contribution < -0.4 is 11.1 Å². The number of hydrogen-bond acceptors (Lipinski definition) is 7. The van der Waals surface area contributed by atoms with E-state index in [2.05, 4.69) is 21.2 Å². The van der Waals surface area contributed by atoms with Gasteiger partial charge in [-0.3, -0.25) is 4.79 Å². The number of rotatable bonds is 7. The number of carbonyl (C=O) groups is 2. The molecule has 0 bridgehead atoms. The van der Waals surface area contributed by atoms with Gasteiger partial charge in [-0.25, -0.2) is 9.59 Å². The van der Waals surface area contributed by atoms with Gasteiger partial charge in [-0.2, -0.15) is 0 Å². The van der Waals surface area contributed by atoms with Crippen LogP contribution in [0, 0.1) is 6.92 Å². The number of benzene rings is 1. The maximum absolute atomic E-state index is 12.3. The minimum absolute atomic E-state index is 0.0869. The number of alkyl carbamates (subject to hydrolysis) is 1. The summed E-state index contributed by atoms with van der Waals surface area (Å²) < 4.78 is 20.9. The van der Waals surface area contributed by atoms with E-state index in [-0.39, 0.29) is 24.5 Å². The zero-order chi connectivity index (χ0) is 21.6. The van der Waals surface area contributed by atoms with E-state index in [1.807, 2.05) is 24.3 Å². The molecule has 0 saturated carbocycles. The topological polar surface area (TPSA) is 108 Å². The molecule has 0 unspecified atom stereocenters. The van der Waals surface area contributed by atoms with Crippen molar-refractivity contribution in [1.29, 1.82) is 0 Å². The van der Waals surface area contributed by atoms with E-state index in [0.717, 1.165) is 10.0 Å². The first-order valence-corrected chi connectivity index (χ1v) is 9.80. The third-order valence-corrected chi connectivity index (χ3v) is 4.26. The molecule has 9 heteroatoms. The van der Waals surface area contributed by atoms with Gasteiger partial charge in [0.2, 0.25) is 0 Å². The molecule has 0 aliphatic rings. The molecule has 8 nitrogen and oxygen atoms in total. The van der Waals surface area contributed by atoms with Crippen molar-refractivity contribution in [3.05, 3.63) is 56.4 Å². The Morgan fingerprint density at radius 3 is 2.38 bits per heavy atom. The van der Waals surface area contributed by atoms with Gasteiger partial charge in [-0.05, 0) is 51.8 Å². The fourth-order valence-corrected chi connectivity index (χ4v) is 2.73. The summed E-state index contributed by atoms with van der Waals surface area (Å²) in [6.45, 7) is 6.57. The molecule has 2 rings (SSSR count). The van der Waals surface area contributed by atoms with Crippen molar-refractivity contribution in [3.63, 3.8) is 0 Å². The zero-order valence-electron chi connectivity index (χ0n) is 16.7. The number of amides is 1. The summed E-state index contributed by atoms with van der Waals surface area (Å²) in [5.74, 6) is -1.02. The molecule has 1 atom stereocenters. The van der Waals surface area contributed by atoms with Crippen molar-refractivity contribution >= 4 is 28.0 Å². The minimum atomic E-state index is -0.853. The third kappa shape index (κ3) is 8.15. The van der Waals surface area contributed by atoms with Crippen molar-refractivity contribution in [3.8, 4) is 0 Å². The Morgan fingerprint density at radius 2 is 1.83 bits per heavy atom. The van der Waals surface area contributed by atoms with Crippen LogP contribution in [0.3, 0.4) is 0 Å². The summed E-state index contributed by atoms with van der Waals surface area (Å²) in [5.41, 5.74) is 0.266. The smallest absolute Gasteiger partial charge is 0.457 e. The molecule has 1 aromatic heterocycles. The van der Waals surface area contributed by atoms with Crippen molar-refractivity contribution in [2.24, 2.45) is 0 Å². The molecule has 1 heterocycles. The van der Waals surface area contributed by atoms with Crippen LogP contribution >= 0.6 is 15.9 Å². The highest BCUT2D eigenvalue weighted by molar-refractivity contribution is 9.10. The van der Waals surface area contributed by atoms with Gasteiger partial charge in [0.05, 0.1) is 6.42 Å². The van der Waals surface area contributed by atoms with Gasteiger partial charge in [0.15, 0.2) is 18.1 Å². The Bertz CT molecular complexity index is 893. The molecule has 0 aliphatic heterocycles. The molecule has 29 heavy (non-hydrogen) atoms. The Kier molecular flexibility index (Phi) is 7.66. The molecule has 1 N–H and O–H groups in total. The van der Waals surface area contributed by atoms with Gasteiger partial charge in [0.1, 0.15) is 5.60 Å². The second kappa shape index (κ2) is 9.78. The third-order valence-electron chi connectivity index (χ3n) is 3.73. The van der Waals surface area contributed by atoms with E-state index in [9.17, 15) is 14.4 Å². The predicted octanol–water partition coefficient (Wildman–Crippen LogP) is 3.87. The Labute approximate surface area is 176 Å². The quantitative estimate of drug-likeness (QED) is 0.612. The molecule has 2 aromatic rings. The van der Waals surface area contributed by atoms with Crippen molar-refractivity contribution in [2.75, 3.05) is 0 Å². The van der Waals surface area contributed by atoms with Crippen LogP contribution in [0.25, 0.3) is 0 Å². The normalized spacial score (nSPS) is 12.3. The number of hydrogen-bond donors (Lipinski definition) is 1. The number of aryl methyl sites for hydroxylation is 1. The molecule has 0 spiro atoms. The van der Waals surface area contributed by atoms with E-state index in [4.69, 9.17) is 18.3 Å². The van der Waals surface area contributed by atoms with Crippen LogP contribution in [0.2, 0.25) is 0 Å². The standard InChI is InChI=1S/C20H24BrNO7/c1-12-16(28-19(25)27-12)11-26-17(23)10-15(22-18(24)29-20(2,3)4)9-13-5-7-14(21)8-6-13/h5-8,15H,9-11H2,1-4H3,(H,22,24)/t15-/m1/s1. The molecular formula is C20H24BrNO7. The highest BCUT2D eigenvalue weighted by atomic mass is 79.9. The summed E-state index contributed by atoms with van der Waals surface area (Å²) in [5, 5.41) is 2.72. The van der Waals surface area contributed by atoms with Gasteiger partial charge in [-0.1, -0.05) is 28.1 Å². The summed E-state index contributed by atoms with van der Waals surface area (Å²) in [4.78, 5) is 35.5. The van der Waals surface area contributed by atoms with Crippen LogP contribution in [-0.4, -0.2) is 23.7 Å². The zero-order valence-corrected chi connectivity index (χ0v) is 18.3. The second-order valence-corrected chi connectivity index (χ2v) is 8.39. The van der Waals surface area contributed by atoms with Crippen LogP contribution in [0.15, 0.2) is 42.4 Å². The first-order chi connectivity index (χ1) is 13.5. The van der Waals surface area contributed by atoms with Crippen molar-refractivity contribution in [2.45, 2.75) is 58.8 Å². The first-order valence-electron chi connectivity index (χ1n) is 9.01. The highest BCUT2D eigenvalue weighted by Gasteiger charge is 2.23. The molecule has 1 aromatic carbocycles. The van der Waals surface area contributed by atoms with Crippen LogP contribution in [0.4, 0.5) is 4.79 Å². The van der Waals surface area contributed by atoms with Gasteiger partial charge in [0.25, 0.3) is 0 Å². The summed E-state index contributed by atoms with van der Waals surface area (Å²) in [6, 6.07) is 6.99. The number of halogens is 1. The van der Waals surface area contributed by atoms with Crippen molar-refractivity contribution < 1.29 is 27.9 Å². The van der Waals surface area contributed by atoms with E-state index in [0.29, 0.717) is 6.42 Å². The van der Waals surface area contributed by atoms with Crippen LogP contribution in [0.5, 0.6) is 0 Å². The molecule has 0 saturated heterocycles. The lowest BCUT2D eigenvalue weighted by molar-refractivity contribution is -0.146.